The predicted octanol–water partition coefficient (Wildman–Crippen LogP) is 1.89. The average molecular weight is 347 g/mol. The Balaban J connectivity index is 2.80. The maximum Gasteiger partial charge on any atom is 0.305 e. The van der Waals surface area contributed by atoms with Gasteiger partial charge in [-0.25, -0.2) is 0 Å². The van der Waals surface area contributed by atoms with Crippen LogP contribution in [0.1, 0.15) is 20.3 Å². The number of carbonyl (C=O) groups is 2. The van der Waals surface area contributed by atoms with Crippen molar-refractivity contribution in [2.75, 3.05) is 25.1 Å². The highest BCUT2D eigenvalue weighted by Gasteiger charge is 2.10. The number of carboxylic acids is 1. The number of carbonyl (C=O) groups excluding carboxylic acids is 1. The van der Waals surface area contributed by atoms with Crippen LogP contribution in [0.15, 0.2) is 30.0 Å². The quantitative estimate of drug-likeness (QED) is 0.436. The highest BCUT2D eigenvalue weighted by atomic mass is 16.5. The number of carboxylic acid groups (broad SMARTS) is 1. The Morgan fingerprint density at radius 1 is 1.24 bits per heavy atom. The van der Waals surface area contributed by atoms with Gasteiger partial charge < -0.3 is 25.2 Å². The molecule has 8 nitrogen and oxygen atoms in total. The van der Waals surface area contributed by atoms with Gasteiger partial charge in [0.2, 0.25) is 0 Å². The zero-order chi connectivity index (χ0) is 18.7. The summed E-state index contributed by atoms with van der Waals surface area (Å²) < 4.78 is 11.0. The summed E-state index contributed by atoms with van der Waals surface area (Å²) in [6.45, 7) is 4.64. The molecular weight excluding hydrogens is 326 g/mol. The first-order chi connectivity index (χ1) is 12.0. The summed E-state index contributed by atoms with van der Waals surface area (Å²) in [6, 6.07) is 6.91. The van der Waals surface area contributed by atoms with Crippen molar-refractivity contribution in [3.8, 4) is 17.6 Å². The number of nitrogens with one attached hydrogen (secondary N) is 2. The third-order valence-electron chi connectivity index (χ3n) is 2.92. The molecule has 0 saturated carbocycles. The molecule has 1 amide bonds. The molecule has 0 saturated heterocycles. The molecule has 0 aliphatic rings. The monoisotopic (exact) mass is 347 g/mol. The smallest absolute Gasteiger partial charge is 0.305 e. The molecule has 0 unspecified atom stereocenters. The number of nitrogens with zero attached hydrogens (tertiary/aromatic N) is 1. The van der Waals surface area contributed by atoms with Crippen molar-refractivity contribution in [1.82, 2.24) is 5.32 Å². The number of rotatable bonds is 10. The van der Waals surface area contributed by atoms with Crippen molar-refractivity contribution >= 4 is 17.6 Å². The second-order valence-electron chi connectivity index (χ2n) is 4.74. The normalized spacial score (nSPS) is 10.5. The second-order valence-corrected chi connectivity index (χ2v) is 4.74. The van der Waals surface area contributed by atoms with Crippen molar-refractivity contribution in [1.29, 1.82) is 5.26 Å². The molecule has 0 aliphatic carbocycles. The highest BCUT2D eigenvalue weighted by molar-refractivity contribution is 5.97. The number of nitriles is 1. The van der Waals surface area contributed by atoms with Crippen LogP contribution in [0.25, 0.3) is 0 Å². The van der Waals surface area contributed by atoms with E-state index in [9.17, 15) is 9.59 Å². The van der Waals surface area contributed by atoms with E-state index in [2.05, 4.69) is 10.6 Å². The van der Waals surface area contributed by atoms with Crippen LogP contribution >= 0.6 is 0 Å². The van der Waals surface area contributed by atoms with Gasteiger partial charge in [-0.3, -0.25) is 9.59 Å². The van der Waals surface area contributed by atoms with Crippen LogP contribution in [-0.2, 0) is 9.59 Å². The second kappa shape index (κ2) is 10.5. The van der Waals surface area contributed by atoms with Crippen molar-refractivity contribution in [3.63, 3.8) is 0 Å². The summed E-state index contributed by atoms with van der Waals surface area (Å²) in [5.74, 6) is -0.524. The Hall–Kier alpha value is -3.21. The SMILES string of the molecule is CCOc1ccc(N/C=C(/C#N)C(=O)NCCC(=O)O)cc1OCC. The number of amides is 1. The fourth-order valence-electron chi connectivity index (χ4n) is 1.82. The summed E-state index contributed by atoms with van der Waals surface area (Å²) in [7, 11) is 0. The number of hydrogen-bond donors (Lipinski definition) is 3. The van der Waals surface area contributed by atoms with E-state index >= 15 is 0 Å². The lowest BCUT2D eigenvalue weighted by molar-refractivity contribution is -0.136. The van der Waals surface area contributed by atoms with Gasteiger partial charge in [0.05, 0.1) is 19.6 Å². The Bertz CT molecular complexity index is 679. The van der Waals surface area contributed by atoms with Gasteiger partial charge in [-0.2, -0.15) is 5.26 Å². The molecule has 1 rings (SSSR count). The van der Waals surface area contributed by atoms with Gasteiger partial charge in [-0.15, -0.1) is 0 Å². The van der Waals surface area contributed by atoms with Crippen molar-refractivity contribution in [2.45, 2.75) is 20.3 Å². The van der Waals surface area contributed by atoms with Gasteiger partial charge in [-0.1, -0.05) is 0 Å². The molecule has 25 heavy (non-hydrogen) atoms. The third-order valence-corrected chi connectivity index (χ3v) is 2.92. The largest absolute Gasteiger partial charge is 0.490 e. The first kappa shape index (κ1) is 19.8. The lowest BCUT2D eigenvalue weighted by Crippen LogP contribution is -2.27. The van der Waals surface area contributed by atoms with Crippen molar-refractivity contribution in [3.05, 3.63) is 30.0 Å². The highest BCUT2D eigenvalue weighted by Crippen LogP contribution is 2.30. The van der Waals surface area contributed by atoms with Crippen LogP contribution in [0, 0.1) is 11.3 Å². The maximum absolute atomic E-state index is 11.8. The molecule has 134 valence electrons. The average Bonchev–Trinajstić information content (AvgIpc) is 2.57. The molecule has 0 radical (unpaired) electrons. The van der Waals surface area contributed by atoms with Crippen LogP contribution in [0.5, 0.6) is 11.5 Å². The van der Waals surface area contributed by atoms with Gasteiger partial charge >= 0.3 is 5.97 Å². The number of aliphatic carboxylic acids is 1. The molecule has 3 N–H and O–H groups in total. The summed E-state index contributed by atoms with van der Waals surface area (Å²) in [5.41, 5.74) is 0.440. The predicted molar refractivity (Wildman–Crippen MR) is 91.4 cm³/mol. The Labute approximate surface area is 146 Å². The molecule has 0 spiro atoms. The molecule has 0 heterocycles. The summed E-state index contributed by atoms with van der Waals surface area (Å²) in [5, 5.41) is 22.8. The van der Waals surface area contributed by atoms with E-state index < -0.39 is 11.9 Å². The molecular formula is C17H21N3O5. The number of anilines is 1. The molecule has 0 aromatic heterocycles. The zero-order valence-electron chi connectivity index (χ0n) is 14.2. The van der Waals surface area contributed by atoms with Crippen LogP contribution < -0.4 is 20.1 Å². The molecule has 8 heteroatoms. The van der Waals surface area contributed by atoms with E-state index in [-0.39, 0.29) is 18.5 Å². The molecule has 0 atom stereocenters. The van der Waals surface area contributed by atoms with E-state index in [1.807, 2.05) is 13.8 Å². The fourth-order valence-corrected chi connectivity index (χ4v) is 1.82. The maximum atomic E-state index is 11.8. The third kappa shape index (κ3) is 6.83. The van der Waals surface area contributed by atoms with Gasteiger partial charge in [0.25, 0.3) is 5.91 Å². The van der Waals surface area contributed by atoms with Gasteiger partial charge in [0.1, 0.15) is 11.6 Å². The number of hydrogen-bond acceptors (Lipinski definition) is 6. The number of ether oxygens (including phenoxy) is 2. The van der Waals surface area contributed by atoms with Crippen LogP contribution in [-0.4, -0.2) is 36.7 Å². The topological polar surface area (TPSA) is 121 Å². The Kier molecular flexibility index (Phi) is 8.37. The van der Waals surface area contributed by atoms with E-state index in [1.165, 1.54) is 6.20 Å². The standard InChI is InChI=1S/C17H21N3O5/c1-3-24-14-6-5-13(9-15(14)25-4-2)20-11-12(10-18)17(23)19-8-7-16(21)22/h5-6,9,11,20H,3-4,7-8H2,1-2H3,(H,19,23)(H,21,22)/b12-11-. The van der Waals surface area contributed by atoms with E-state index in [1.54, 1.807) is 24.3 Å². The summed E-state index contributed by atoms with van der Waals surface area (Å²) in [4.78, 5) is 22.2. The van der Waals surface area contributed by atoms with Crippen LogP contribution in [0.2, 0.25) is 0 Å². The zero-order valence-corrected chi connectivity index (χ0v) is 14.2. The minimum atomic E-state index is -1.03. The number of benzene rings is 1. The van der Waals surface area contributed by atoms with E-state index in [0.717, 1.165) is 0 Å². The molecule has 1 aromatic rings. The Morgan fingerprint density at radius 3 is 2.52 bits per heavy atom. The van der Waals surface area contributed by atoms with E-state index in [4.69, 9.17) is 19.8 Å². The van der Waals surface area contributed by atoms with E-state index in [0.29, 0.717) is 30.4 Å². The van der Waals surface area contributed by atoms with Crippen LogP contribution in [0.4, 0.5) is 5.69 Å². The van der Waals surface area contributed by atoms with Crippen LogP contribution in [0.3, 0.4) is 0 Å². The van der Waals surface area contributed by atoms with Gasteiger partial charge in [-0.05, 0) is 26.0 Å². The lowest BCUT2D eigenvalue weighted by Gasteiger charge is -2.12. The fraction of sp³-hybridized carbons (Fsp3) is 0.353. The van der Waals surface area contributed by atoms with Crippen molar-refractivity contribution < 1.29 is 24.2 Å². The van der Waals surface area contributed by atoms with Gasteiger partial charge in [0.15, 0.2) is 11.5 Å². The summed E-state index contributed by atoms with van der Waals surface area (Å²) >= 11 is 0. The van der Waals surface area contributed by atoms with Gasteiger partial charge in [0, 0.05) is 24.5 Å². The molecule has 0 fully saturated rings. The Morgan fingerprint density at radius 2 is 1.92 bits per heavy atom. The lowest BCUT2D eigenvalue weighted by atomic mass is 10.2. The first-order valence-electron chi connectivity index (χ1n) is 7.78. The minimum Gasteiger partial charge on any atom is -0.490 e. The molecule has 1 aromatic carbocycles. The first-order valence-corrected chi connectivity index (χ1v) is 7.78. The molecule has 0 aliphatic heterocycles. The summed E-state index contributed by atoms with van der Waals surface area (Å²) in [6.07, 6.45) is 1.04. The van der Waals surface area contributed by atoms with Crippen molar-refractivity contribution in [2.24, 2.45) is 0 Å². The minimum absolute atomic E-state index is 0.0509. The molecule has 0 bridgehead atoms.